The number of carbonyl (C=O) groups is 2. The van der Waals surface area contributed by atoms with Gasteiger partial charge < -0.3 is 14.5 Å². The highest BCUT2D eigenvalue weighted by molar-refractivity contribution is 7.14. The van der Waals surface area contributed by atoms with Gasteiger partial charge >= 0.3 is 0 Å². The van der Waals surface area contributed by atoms with Crippen molar-refractivity contribution in [2.24, 2.45) is 0 Å². The maximum Gasteiger partial charge on any atom is 0.273 e. The van der Waals surface area contributed by atoms with Crippen molar-refractivity contribution < 1.29 is 14.3 Å². The monoisotopic (exact) mass is 377 g/mol. The van der Waals surface area contributed by atoms with Crippen LogP contribution in [0.2, 0.25) is 0 Å². The Kier molecular flexibility index (Phi) is 4.82. The Hall–Kier alpha value is -1.77. The van der Waals surface area contributed by atoms with E-state index in [-0.39, 0.29) is 17.9 Å². The van der Waals surface area contributed by atoms with E-state index in [9.17, 15) is 9.59 Å². The van der Waals surface area contributed by atoms with E-state index < -0.39 is 0 Å². The lowest BCUT2D eigenvalue weighted by atomic mass is 10.2. The third-order valence-corrected chi connectivity index (χ3v) is 6.15. The van der Waals surface area contributed by atoms with Crippen LogP contribution < -0.4 is 0 Å². The smallest absolute Gasteiger partial charge is 0.273 e. The van der Waals surface area contributed by atoms with Crippen LogP contribution in [0.4, 0.5) is 0 Å². The molecule has 0 radical (unpaired) electrons. The molecule has 6 nitrogen and oxygen atoms in total. The third-order valence-electron chi connectivity index (χ3n) is 4.58. The number of amides is 2. The lowest BCUT2D eigenvalue weighted by molar-refractivity contribution is -0.142. The Balaban J connectivity index is 1.36. The highest BCUT2D eigenvalue weighted by Crippen LogP contribution is 2.26. The summed E-state index contributed by atoms with van der Waals surface area (Å²) in [6.45, 7) is 2.88. The van der Waals surface area contributed by atoms with E-state index in [4.69, 9.17) is 4.74 Å². The first-order valence-corrected chi connectivity index (χ1v) is 10.2. The van der Waals surface area contributed by atoms with Crippen molar-refractivity contribution in [1.82, 2.24) is 14.8 Å². The molecule has 2 amide bonds. The molecular formula is C17H19N3O3S2. The number of piperazine rings is 1. The highest BCUT2D eigenvalue weighted by atomic mass is 32.1. The average Bonchev–Trinajstić information content (AvgIpc) is 3.42. The van der Waals surface area contributed by atoms with Gasteiger partial charge in [-0.05, 0) is 24.3 Å². The zero-order valence-electron chi connectivity index (χ0n) is 13.7. The summed E-state index contributed by atoms with van der Waals surface area (Å²) in [4.78, 5) is 33.1. The molecule has 2 aromatic heterocycles. The van der Waals surface area contributed by atoms with Crippen LogP contribution in [0.1, 0.15) is 23.3 Å². The molecule has 25 heavy (non-hydrogen) atoms. The zero-order chi connectivity index (χ0) is 17.2. The molecule has 4 rings (SSSR count). The van der Waals surface area contributed by atoms with Gasteiger partial charge in [-0.3, -0.25) is 9.59 Å². The molecule has 0 aliphatic carbocycles. The van der Waals surface area contributed by atoms with Crippen LogP contribution >= 0.6 is 22.7 Å². The number of carbonyl (C=O) groups excluding carboxylic acids is 2. The quantitative estimate of drug-likeness (QED) is 0.824. The molecule has 2 aliphatic rings. The summed E-state index contributed by atoms with van der Waals surface area (Å²) in [6, 6.07) is 2.01. The van der Waals surface area contributed by atoms with Crippen LogP contribution in [0.25, 0.3) is 10.6 Å². The summed E-state index contributed by atoms with van der Waals surface area (Å²) < 4.78 is 5.47. The second kappa shape index (κ2) is 7.23. The lowest BCUT2D eigenvalue weighted by Crippen LogP contribution is -2.52. The van der Waals surface area contributed by atoms with Crippen molar-refractivity contribution in [2.75, 3.05) is 32.8 Å². The highest BCUT2D eigenvalue weighted by Gasteiger charge is 2.31. The largest absolute Gasteiger partial charge is 0.368 e. The number of rotatable bonds is 3. The standard InChI is InChI=1S/C17H19N3O3S2/c21-16(13-11-25-15(18-13)12-3-9-24-10-12)19-4-6-20(7-5-19)17(22)14-2-1-8-23-14/h3,9-11,14H,1-2,4-8H2. The Labute approximate surface area is 154 Å². The van der Waals surface area contributed by atoms with Crippen molar-refractivity contribution >= 4 is 34.5 Å². The van der Waals surface area contributed by atoms with Crippen LogP contribution in [0.15, 0.2) is 22.2 Å². The first-order valence-electron chi connectivity index (χ1n) is 8.40. The second-order valence-corrected chi connectivity index (χ2v) is 7.81. The summed E-state index contributed by atoms with van der Waals surface area (Å²) in [5.41, 5.74) is 1.55. The minimum absolute atomic E-state index is 0.0538. The summed E-state index contributed by atoms with van der Waals surface area (Å²) in [7, 11) is 0. The number of thiophene rings is 1. The fourth-order valence-corrected chi connectivity index (χ4v) is 4.66. The molecule has 0 spiro atoms. The van der Waals surface area contributed by atoms with Crippen LogP contribution in [0.3, 0.4) is 0 Å². The summed E-state index contributed by atoms with van der Waals surface area (Å²) >= 11 is 3.11. The maximum absolute atomic E-state index is 12.7. The normalized spacial score (nSPS) is 20.9. The van der Waals surface area contributed by atoms with Crippen molar-refractivity contribution in [3.8, 4) is 10.6 Å². The van der Waals surface area contributed by atoms with Gasteiger partial charge in [-0.1, -0.05) is 0 Å². The molecule has 0 aromatic carbocycles. The molecule has 1 atom stereocenters. The average molecular weight is 377 g/mol. The van der Waals surface area contributed by atoms with Gasteiger partial charge in [-0.25, -0.2) is 4.98 Å². The molecule has 2 aliphatic heterocycles. The molecule has 1 unspecified atom stereocenters. The van der Waals surface area contributed by atoms with Gasteiger partial charge in [-0.15, -0.1) is 11.3 Å². The van der Waals surface area contributed by atoms with E-state index in [0.29, 0.717) is 38.5 Å². The predicted octanol–water partition coefficient (Wildman–Crippen LogP) is 2.33. The van der Waals surface area contributed by atoms with Gasteiger partial charge in [0.2, 0.25) is 0 Å². The molecule has 2 aromatic rings. The lowest BCUT2D eigenvalue weighted by Gasteiger charge is -2.35. The molecule has 2 saturated heterocycles. The molecule has 0 saturated carbocycles. The molecule has 0 N–H and O–H groups in total. The number of ether oxygens (including phenoxy) is 1. The number of nitrogens with zero attached hydrogens (tertiary/aromatic N) is 3. The van der Waals surface area contributed by atoms with Crippen LogP contribution in [0.5, 0.6) is 0 Å². The van der Waals surface area contributed by atoms with Crippen molar-refractivity contribution in [3.05, 3.63) is 27.9 Å². The predicted molar refractivity (Wildman–Crippen MR) is 96.9 cm³/mol. The van der Waals surface area contributed by atoms with Crippen molar-refractivity contribution in [2.45, 2.75) is 18.9 Å². The Morgan fingerprint density at radius 3 is 2.64 bits per heavy atom. The van der Waals surface area contributed by atoms with Crippen LogP contribution in [0, 0.1) is 0 Å². The Morgan fingerprint density at radius 2 is 1.96 bits per heavy atom. The first kappa shape index (κ1) is 16.7. The SMILES string of the molecule is O=C(c1csc(-c2ccsc2)n1)N1CCN(C(=O)C2CCCO2)CC1. The maximum atomic E-state index is 12.7. The van der Waals surface area contributed by atoms with E-state index >= 15 is 0 Å². The van der Waals surface area contributed by atoms with Crippen LogP contribution in [-0.2, 0) is 9.53 Å². The van der Waals surface area contributed by atoms with Gasteiger partial charge in [0.25, 0.3) is 11.8 Å². The summed E-state index contributed by atoms with van der Waals surface area (Å²) in [5, 5.41) is 6.72. The summed E-state index contributed by atoms with van der Waals surface area (Å²) in [6.07, 6.45) is 1.47. The molecule has 2 fully saturated rings. The number of aromatic nitrogens is 1. The molecular weight excluding hydrogens is 358 g/mol. The van der Waals surface area contributed by atoms with E-state index in [2.05, 4.69) is 4.98 Å². The minimum Gasteiger partial charge on any atom is -0.368 e. The Bertz CT molecular complexity index is 745. The van der Waals surface area contributed by atoms with E-state index in [1.54, 1.807) is 16.2 Å². The molecule has 4 heterocycles. The fraction of sp³-hybridized carbons (Fsp3) is 0.471. The van der Waals surface area contributed by atoms with E-state index in [1.165, 1.54) is 11.3 Å². The molecule has 8 heteroatoms. The van der Waals surface area contributed by atoms with Crippen molar-refractivity contribution in [3.63, 3.8) is 0 Å². The number of thiazole rings is 1. The van der Waals surface area contributed by atoms with Gasteiger partial charge in [0.1, 0.15) is 16.8 Å². The zero-order valence-corrected chi connectivity index (χ0v) is 15.4. The molecule has 132 valence electrons. The van der Waals surface area contributed by atoms with Crippen molar-refractivity contribution in [1.29, 1.82) is 0 Å². The Morgan fingerprint density at radius 1 is 1.16 bits per heavy atom. The topological polar surface area (TPSA) is 62.7 Å². The van der Waals surface area contributed by atoms with E-state index in [0.717, 1.165) is 23.4 Å². The fourth-order valence-electron chi connectivity index (χ4n) is 3.16. The van der Waals surface area contributed by atoms with Gasteiger partial charge in [0, 0.05) is 49.1 Å². The first-order chi connectivity index (χ1) is 12.2. The molecule has 0 bridgehead atoms. The van der Waals surface area contributed by atoms with Gasteiger partial charge in [-0.2, -0.15) is 11.3 Å². The number of hydrogen-bond donors (Lipinski definition) is 0. The second-order valence-electron chi connectivity index (χ2n) is 6.17. The van der Waals surface area contributed by atoms with Crippen LogP contribution in [-0.4, -0.2) is 65.5 Å². The van der Waals surface area contributed by atoms with E-state index in [1.807, 2.05) is 27.1 Å². The summed E-state index contributed by atoms with van der Waals surface area (Å²) in [5.74, 6) is 0.0138. The number of hydrogen-bond acceptors (Lipinski definition) is 6. The third kappa shape index (κ3) is 3.47. The van der Waals surface area contributed by atoms with Gasteiger partial charge in [0.05, 0.1) is 0 Å². The minimum atomic E-state index is -0.283. The van der Waals surface area contributed by atoms with Gasteiger partial charge in [0.15, 0.2) is 0 Å².